The summed E-state index contributed by atoms with van der Waals surface area (Å²) in [6.45, 7) is 6.23. The number of hydrogen-bond acceptors (Lipinski definition) is 3. The number of aryl methyl sites for hydroxylation is 1. The van der Waals surface area contributed by atoms with E-state index in [0.29, 0.717) is 12.6 Å². The van der Waals surface area contributed by atoms with Crippen LogP contribution in [0.5, 0.6) is 11.5 Å². The van der Waals surface area contributed by atoms with Gasteiger partial charge in [-0.05, 0) is 57.0 Å². The highest BCUT2D eigenvalue weighted by Gasteiger charge is 2.35. The van der Waals surface area contributed by atoms with Gasteiger partial charge < -0.3 is 9.47 Å². The quantitative estimate of drug-likeness (QED) is 0.589. The van der Waals surface area contributed by atoms with Crippen molar-refractivity contribution in [1.82, 2.24) is 4.90 Å². The molecule has 3 nitrogen and oxygen atoms in total. The van der Waals surface area contributed by atoms with Crippen LogP contribution in [0, 0.1) is 12.7 Å². The Morgan fingerprint density at radius 3 is 2.31 bits per heavy atom. The van der Waals surface area contributed by atoms with Crippen molar-refractivity contribution in [2.75, 3.05) is 26.2 Å². The Balaban J connectivity index is 1.49. The van der Waals surface area contributed by atoms with Gasteiger partial charge in [-0.3, -0.25) is 4.90 Å². The molecular formula is C22H25F4NO2. The maximum absolute atomic E-state index is 13.2. The standard InChI is InChI=1S/C22H25F4NO2/c1-16-3-6-18(7-4-16)29-21(2)9-11-27(12-10-21)13-14-28-20-8-5-17(23)15-19(20)22(24,25)26/h3-8,15H,9-14H2,1-2H3. The van der Waals surface area contributed by atoms with Gasteiger partial charge in [0.25, 0.3) is 0 Å². The summed E-state index contributed by atoms with van der Waals surface area (Å²) in [6, 6.07) is 10.4. The summed E-state index contributed by atoms with van der Waals surface area (Å²) in [5.74, 6) is -0.442. The van der Waals surface area contributed by atoms with Crippen LogP contribution in [0.25, 0.3) is 0 Å². The van der Waals surface area contributed by atoms with E-state index >= 15 is 0 Å². The van der Waals surface area contributed by atoms with Crippen molar-refractivity contribution in [3.63, 3.8) is 0 Å². The number of halogens is 4. The van der Waals surface area contributed by atoms with Crippen LogP contribution in [0.2, 0.25) is 0 Å². The molecule has 0 unspecified atom stereocenters. The molecule has 0 radical (unpaired) electrons. The van der Waals surface area contributed by atoms with Gasteiger partial charge in [-0.15, -0.1) is 0 Å². The van der Waals surface area contributed by atoms with Crippen LogP contribution in [0.1, 0.15) is 30.9 Å². The first-order valence-corrected chi connectivity index (χ1v) is 9.62. The monoisotopic (exact) mass is 411 g/mol. The van der Waals surface area contributed by atoms with Crippen LogP contribution >= 0.6 is 0 Å². The highest BCUT2D eigenvalue weighted by atomic mass is 19.4. The fourth-order valence-electron chi connectivity index (χ4n) is 3.38. The Hall–Kier alpha value is -2.28. The molecule has 2 aromatic rings. The zero-order valence-electron chi connectivity index (χ0n) is 16.6. The molecule has 3 rings (SSSR count). The van der Waals surface area contributed by atoms with Gasteiger partial charge in [0.2, 0.25) is 0 Å². The lowest BCUT2D eigenvalue weighted by atomic mass is 9.93. The zero-order valence-corrected chi connectivity index (χ0v) is 16.6. The molecule has 1 heterocycles. The summed E-state index contributed by atoms with van der Waals surface area (Å²) in [4.78, 5) is 2.14. The summed E-state index contributed by atoms with van der Waals surface area (Å²) < 4.78 is 63.7. The molecule has 0 N–H and O–H groups in total. The van der Waals surface area contributed by atoms with Gasteiger partial charge in [-0.25, -0.2) is 4.39 Å². The van der Waals surface area contributed by atoms with Crippen LogP contribution in [0.3, 0.4) is 0 Å². The molecule has 29 heavy (non-hydrogen) atoms. The third-order valence-electron chi connectivity index (χ3n) is 5.21. The van der Waals surface area contributed by atoms with E-state index in [1.807, 2.05) is 31.2 Å². The summed E-state index contributed by atoms with van der Waals surface area (Å²) in [7, 11) is 0. The van der Waals surface area contributed by atoms with Gasteiger partial charge >= 0.3 is 6.18 Å². The van der Waals surface area contributed by atoms with Gasteiger partial charge in [-0.2, -0.15) is 13.2 Å². The molecule has 7 heteroatoms. The van der Waals surface area contributed by atoms with Crippen LogP contribution in [-0.2, 0) is 6.18 Å². The lowest BCUT2D eigenvalue weighted by Gasteiger charge is -2.39. The molecule has 0 aliphatic carbocycles. The molecule has 1 fully saturated rings. The maximum atomic E-state index is 13.2. The predicted octanol–water partition coefficient (Wildman–Crippen LogP) is 5.47. The van der Waals surface area contributed by atoms with Gasteiger partial charge in [0.05, 0.1) is 0 Å². The smallest absolute Gasteiger partial charge is 0.420 e. The molecular weight excluding hydrogens is 386 g/mol. The first kappa shape index (κ1) is 21.4. The summed E-state index contributed by atoms with van der Waals surface area (Å²) in [5, 5.41) is 0. The minimum Gasteiger partial charge on any atom is -0.492 e. The van der Waals surface area contributed by atoms with E-state index in [1.54, 1.807) is 0 Å². The molecule has 0 atom stereocenters. The Morgan fingerprint density at radius 1 is 1.03 bits per heavy atom. The minimum atomic E-state index is -4.66. The van der Waals surface area contributed by atoms with Crippen molar-refractivity contribution in [2.24, 2.45) is 0 Å². The Kier molecular flexibility index (Phi) is 6.36. The second-order valence-electron chi connectivity index (χ2n) is 7.69. The normalized spacial score (nSPS) is 17.2. The van der Waals surface area contributed by atoms with Crippen molar-refractivity contribution in [2.45, 2.75) is 38.5 Å². The number of likely N-dealkylation sites (tertiary alicyclic amines) is 1. The first-order chi connectivity index (χ1) is 13.6. The molecule has 2 aromatic carbocycles. The van der Waals surface area contributed by atoms with Crippen LogP contribution in [-0.4, -0.2) is 36.7 Å². The van der Waals surface area contributed by atoms with E-state index in [9.17, 15) is 17.6 Å². The number of alkyl halides is 3. The topological polar surface area (TPSA) is 21.7 Å². The Bertz CT molecular complexity index is 813. The highest BCUT2D eigenvalue weighted by molar-refractivity contribution is 5.36. The summed E-state index contributed by atoms with van der Waals surface area (Å²) in [6.07, 6.45) is -3.03. The van der Waals surface area contributed by atoms with Crippen molar-refractivity contribution in [3.05, 3.63) is 59.4 Å². The van der Waals surface area contributed by atoms with Crippen LogP contribution in [0.4, 0.5) is 17.6 Å². The number of rotatable bonds is 6. The van der Waals surface area contributed by atoms with Crippen molar-refractivity contribution >= 4 is 0 Å². The van der Waals surface area contributed by atoms with Gasteiger partial charge in [0, 0.05) is 19.6 Å². The summed E-state index contributed by atoms with van der Waals surface area (Å²) in [5.41, 5.74) is -0.185. The largest absolute Gasteiger partial charge is 0.492 e. The van der Waals surface area contributed by atoms with Gasteiger partial charge in [0.1, 0.15) is 35.1 Å². The third-order valence-corrected chi connectivity index (χ3v) is 5.21. The average Bonchev–Trinajstić information content (AvgIpc) is 2.66. The Labute approximate surface area is 168 Å². The summed E-state index contributed by atoms with van der Waals surface area (Å²) >= 11 is 0. The minimum absolute atomic E-state index is 0.101. The zero-order chi connectivity index (χ0) is 21.1. The molecule has 1 aliphatic rings. The first-order valence-electron chi connectivity index (χ1n) is 9.62. The molecule has 0 aromatic heterocycles. The fourth-order valence-corrected chi connectivity index (χ4v) is 3.38. The van der Waals surface area contributed by atoms with Gasteiger partial charge in [0.15, 0.2) is 0 Å². The molecule has 1 saturated heterocycles. The van der Waals surface area contributed by atoms with Crippen molar-refractivity contribution < 1.29 is 27.0 Å². The van der Waals surface area contributed by atoms with E-state index in [4.69, 9.17) is 9.47 Å². The number of ether oxygens (including phenoxy) is 2. The van der Waals surface area contributed by atoms with E-state index in [0.717, 1.165) is 43.8 Å². The average molecular weight is 411 g/mol. The Morgan fingerprint density at radius 2 is 1.69 bits per heavy atom. The molecule has 0 amide bonds. The van der Waals surface area contributed by atoms with Crippen LogP contribution < -0.4 is 9.47 Å². The van der Waals surface area contributed by atoms with Crippen molar-refractivity contribution in [1.29, 1.82) is 0 Å². The van der Waals surface area contributed by atoms with E-state index in [2.05, 4.69) is 11.8 Å². The van der Waals surface area contributed by atoms with E-state index in [-0.39, 0.29) is 18.0 Å². The molecule has 0 saturated carbocycles. The predicted molar refractivity (Wildman–Crippen MR) is 103 cm³/mol. The van der Waals surface area contributed by atoms with E-state index < -0.39 is 17.6 Å². The SMILES string of the molecule is Cc1ccc(OC2(C)CCN(CCOc3ccc(F)cc3C(F)(F)F)CC2)cc1. The molecule has 0 bridgehead atoms. The van der Waals surface area contributed by atoms with Crippen LogP contribution in [0.15, 0.2) is 42.5 Å². The molecule has 1 aliphatic heterocycles. The highest BCUT2D eigenvalue weighted by Crippen LogP contribution is 2.36. The number of nitrogens with zero attached hydrogens (tertiary/aromatic N) is 1. The van der Waals surface area contributed by atoms with E-state index in [1.165, 1.54) is 5.56 Å². The molecule has 0 spiro atoms. The second-order valence-corrected chi connectivity index (χ2v) is 7.69. The van der Waals surface area contributed by atoms with Gasteiger partial charge in [-0.1, -0.05) is 17.7 Å². The molecule has 158 valence electrons. The number of piperidine rings is 1. The third kappa shape index (κ3) is 5.85. The number of benzene rings is 2. The number of hydrogen-bond donors (Lipinski definition) is 0. The lowest BCUT2D eigenvalue weighted by molar-refractivity contribution is -0.139. The van der Waals surface area contributed by atoms with Crippen molar-refractivity contribution in [3.8, 4) is 11.5 Å². The lowest BCUT2D eigenvalue weighted by Crippen LogP contribution is -2.47. The second kappa shape index (κ2) is 8.61. The maximum Gasteiger partial charge on any atom is 0.420 e. The fraction of sp³-hybridized carbons (Fsp3) is 0.455.